The lowest BCUT2D eigenvalue weighted by Crippen LogP contribution is -2.28. The Morgan fingerprint density at radius 1 is 1.15 bits per heavy atom. The van der Waals surface area contributed by atoms with Gasteiger partial charge in [0.05, 0.1) is 12.3 Å². The van der Waals surface area contributed by atoms with Gasteiger partial charge in [-0.2, -0.15) is 0 Å². The van der Waals surface area contributed by atoms with Gasteiger partial charge in [-0.05, 0) is 50.4 Å². The third-order valence-corrected chi connectivity index (χ3v) is 4.47. The highest BCUT2D eigenvalue weighted by Gasteiger charge is 2.10. The molecule has 1 aromatic carbocycles. The van der Waals surface area contributed by atoms with Gasteiger partial charge < -0.3 is 14.5 Å². The average Bonchev–Trinajstić information content (AvgIpc) is 3.07. The van der Waals surface area contributed by atoms with Crippen LogP contribution in [0.3, 0.4) is 0 Å². The molecule has 1 unspecified atom stereocenters. The Bertz CT molecular complexity index is 798. The summed E-state index contributed by atoms with van der Waals surface area (Å²) in [5.41, 5.74) is 3.36. The summed E-state index contributed by atoms with van der Waals surface area (Å²) < 4.78 is 8.09. The molecule has 2 heterocycles. The molecule has 0 bridgehead atoms. The maximum atomic E-state index is 6.03. The topological polar surface area (TPSA) is 38.6 Å². The summed E-state index contributed by atoms with van der Waals surface area (Å²) in [6, 6.07) is 15.0. The van der Waals surface area contributed by atoms with E-state index < -0.39 is 0 Å². The lowest BCUT2D eigenvalue weighted by molar-refractivity contribution is 0.313. The van der Waals surface area contributed by atoms with Gasteiger partial charge in [0.2, 0.25) is 0 Å². The van der Waals surface area contributed by atoms with E-state index in [0.717, 1.165) is 49.3 Å². The average molecular weight is 351 g/mol. The second-order valence-corrected chi connectivity index (χ2v) is 6.83. The van der Waals surface area contributed by atoms with Crippen molar-refractivity contribution in [2.75, 3.05) is 13.2 Å². The molecule has 1 N–H and O–H groups in total. The maximum Gasteiger partial charge on any atom is 0.179 e. The van der Waals surface area contributed by atoms with E-state index in [9.17, 15) is 0 Å². The molecule has 0 amide bonds. The molecular weight excluding hydrogens is 322 g/mol. The van der Waals surface area contributed by atoms with Gasteiger partial charge in [-0.1, -0.05) is 37.3 Å². The summed E-state index contributed by atoms with van der Waals surface area (Å²) in [4.78, 5) is 4.80. The normalized spacial score (nSPS) is 12.4. The summed E-state index contributed by atoms with van der Waals surface area (Å²) in [5, 5.41) is 3.52. The highest BCUT2D eigenvalue weighted by Crippen LogP contribution is 2.20. The third-order valence-electron chi connectivity index (χ3n) is 4.47. The van der Waals surface area contributed by atoms with Crippen molar-refractivity contribution in [3.05, 3.63) is 66.1 Å². The van der Waals surface area contributed by atoms with Crippen LogP contribution >= 0.6 is 0 Å². The molecule has 0 aliphatic carbocycles. The molecule has 0 spiro atoms. The number of nitrogens with one attached hydrogen (secondary N) is 1. The van der Waals surface area contributed by atoms with Gasteiger partial charge in [0.15, 0.2) is 11.4 Å². The molecule has 0 radical (unpaired) electrons. The Labute approximate surface area is 156 Å². The summed E-state index contributed by atoms with van der Waals surface area (Å²) in [7, 11) is 0. The van der Waals surface area contributed by atoms with Gasteiger partial charge in [0.1, 0.15) is 0 Å². The van der Waals surface area contributed by atoms with Crippen LogP contribution < -0.4 is 10.1 Å². The largest absolute Gasteiger partial charge is 0.490 e. The second kappa shape index (κ2) is 9.39. The molecule has 0 aliphatic heterocycles. The van der Waals surface area contributed by atoms with Crippen LogP contribution in [0.4, 0.5) is 0 Å². The van der Waals surface area contributed by atoms with Crippen LogP contribution in [0.25, 0.3) is 5.65 Å². The molecule has 1 atom stereocenters. The Morgan fingerprint density at radius 2 is 2.00 bits per heavy atom. The SMILES string of the molecule is CCCNC(C)Cc1cn2cccc(OCCCc3ccccc3)c2n1. The lowest BCUT2D eigenvalue weighted by atomic mass is 10.1. The number of aromatic nitrogens is 2. The summed E-state index contributed by atoms with van der Waals surface area (Å²) in [5.74, 6) is 0.862. The first kappa shape index (κ1) is 18.5. The maximum absolute atomic E-state index is 6.03. The van der Waals surface area contributed by atoms with Crippen molar-refractivity contribution in [2.24, 2.45) is 0 Å². The number of rotatable bonds is 10. The van der Waals surface area contributed by atoms with E-state index in [-0.39, 0.29) is 0 Å². The number of pyridine rings is 1. The third kappa shape index (κ3) is 5.09. The summed E-state index contributed by atoms with van der Waals surface area (Å²) in [6.07, 6.45) is 8.25. The summed E-state index contributed by atoms with van der Waals surface area (Å²) >= 11 is 0. The van der Waals surface area contributed by atoms with Crippen molar-refractivity contribution in [3.8, 4) is 5.75 Å². The number of imidazole rings is 1. The van der Waals surface area contributed by atoms with Gasteiger partial charge in [0, 0.05) is 24.9 Å². The molecule has 0 saturated carbocycles. The summed E-state index contributed by atoms with van der Waals surface area (Å²) in [6.45, 7) is 6.14. The van der Waals surface area contributed by atoms with Crippen molar-refractivity contribution in [1.29, 1.82) is 0 Å². The van der Waals surface area contributed by atoms with Crippen molar-refractivity contribution in [3.63, 3.8) is 0 Å². The number of fused-ring (bicyclic) bond motifs is 1. The molecule has 0 aliphatic rings. The zero-order valence-electron chi connectivity index (χ0n) is 15.8. The fraction of sp³-hybridized carbons (Fsp3) is 0.409. The predicted molar refractivity (Wildman–Crippen MR) is 107 cm³/mol. The molecule has 4 heteroatoms. The molecule has 0 saturated heterocycles. The van der Waals surface area contributed by atoms with Crippen LogP contribution in [-0.2, 0) is 12.8 Å². The van der Waals surface area contributed by atoms with Gasteiger partial charge in [-0.3, -0.25) is 0 Å². The minimum absolute atomic E-state index is 0.426. The first-order valence-corrected chi connectivity index (χ1v) is 9.63. The Morgan fingerprint density at radius 3 is 2.81 bits per heavy atom. The van der Waals surface area contributed by atoms with Crippen molar-refractivity contribution < 1.29 is 4.74 Å². The first-order valence-electron chi connectivity index (χ1n) is 9.63. The van der Waals surface area contributed by atoms with Crippen LogP contribution in [0.1, 0.15) is 37.9 Å². The van der Waals surface area contributed by atoms with Crippen LogP contribution in [0.5, 0.6) is 5.75 Å². The van der Waals surface area contributed by atoms with E-state index in [0.29, 0.717) is 12.6 Å². The standard InChI is InChI=1S/C22H29N3O/c1-3-13-23-18(2)16-20-17-25-14-7-12-21(22(25)24-20)26-15-8-11-19-9-5-4-6-10-19/h4-7,9-10,12,14,17-18,23H,3,8,11,13,15-16H2,1-2H3. The van der Waals surface area contributed by atoms with E-state index in [2.05, 4.69) is 60.1 Å². The smallest absolute Gasteiger partial charge is 0.179 e. The monoisotopic (exact) mass is 351 g/mol. The van der Waals surface area contributed by atoms with Crippen LogP contribution in [0, 0.1) is 0 Å². The van der Waals surface area contributed by atoms with Gasteiger partial charge in [-0.25, -0.2) is 4.98 Å². The zero-order valence-corrected chi connectivity index (χ0v) is 15.8. The number of nitrogens with zero attached hydrogens (tertiary/aromatic N) is 2. The second-order valence-electron chi connectivity index (χ2n) is 6.83. The molecular formula is C22H29N3O. The van der Waals surface area contributed by atoms with Crippen LogP contribution in [0.15, 0.2) is 54.9 Å². The minimum Gasteiger partial charge on any atom is -0.490 e. The van der Waals surface area contributed by atoms with Crippen LogP contribution in [-0.4, -0.2) is 28.6 Å². The molecule has 3 aromatic rings. The van der Waals surface area contributed by atoms with E-state index in [1.54, 1.807) is 0 Å². The first-order chi connectivity index (χ1) is 12.8. The highest BCUT2D eigenvalue weighted by molar-refractivity contribution is 5.54. The number of aryl methyl sites for hydroxylation is 1. The van der Waals surface area contributed by atoms with E-state index in [4.69, 9.17) is 9.72 Å². The Balaban J connectivity index is 1.58. The molecule has 138 valence electrons. The van der Waals surface area contributed by atoms with Gasteiger partial charge >= 0.3 is 0 Å². The molecule has 2 aromatic heterocycles. The fourth-order valence-electron chi connectivity index (χ4n) is 3.13. The van der Waals surface area contributed by atoms with E-state index >= 15 is 0 Å². The number of benzene rings is 1. The van der Waals surface area contributed by atoms with E-state index in [1.807, 2.05) is 18.3 Å². The molecule has 0 fully saturated rings. The molecule has 3 rings (SSSR count). The molecule has 26 heavy (non-hydrogen) atoms. The predicted octanol–water partition coefficient (Wildman–Crippen LogP) is 4.28. The zero-order chi connectivity index (χ0) is 18.2. The highest BCUT2D eigenvalue weighted by atomic mass is 16.5. The van der Waals surface area contributed by atoms with Crippen molar-refractivity contribution >= 4 is 5.65 Å². The van der Waals surface area contributed by atoms with Crippen LogP contribution in [0.2, 0.25) is 0 Å². The fourth-order valence-corrected chi connectivity index (χ4v) is 3.13. The number of ether oxygens (including phenoxy) is 1. The van der Waals surface area contributed by atoms with Gasteiger partial charge in [-0.15, -0.1) is 0 Å². The lowest BCUT2D eigenvalue weighted by Gasteiger charge is -2.10. The Kier molecular flexibility index (Phi) is 6.67. The quantitative estimate of drug-likeness (QED) is 0.554. The van der Waals surface area contributed by atoms with Crippen molar-refractivity contribution in [1.82, 2.24) is 14.7 Å². The van der Waals surface area contributed by atoms with E-state index in [1.165, 1.54) is 5.56 Å². The van der Waals surface area contributed by atoms with Gasteiger partial charge in [0.25, 0.3) is 0 Å². The van der Waals surface area contributed by atoms with Crippen molar-refractivity contribution in [2.45, 2.75) is 45.6 Å². The molecule has 4 nitrogen and oxygen atoms in total. The number of hydrogen-bond donors (Lipinski definition) is 1. The Hall–Kier alpha value is -2.33. The minimum atomic E-state index is 0.426. The number of hydrogen-bond acceptors (Lipinski definition) is 3.